The van der Waals surface area contributed by atoms with Crippen molar-refractivity contribution in [2.24, 2.45) is 5.92 Å². The Hall–Kier alpha value is -4.69. The number of hydrogen-bond acceptors (Lipinski definition) is 9. The van der Waals surface area contributed by atoms with Crippen molar-refractivity contribution in [1.29, 1.82) is 0 Å². The smallest absolute Gasteiger partial charge is 0.322 e. The zero-order valence-electron chi connectivity index (χ0n) is 24.2. The molecule has 0 saturated carbocycles. The molecule has 236 valence electrons. The first-order valence-electron chi connectivity index (χ1n) is 14.1. The van der Waals surface area contributed by atoms with Gasteiger partial charge in [-0.3, -0.25) is 4.79 Å². The molecule has 4 aromatic rings. The number of carbonyl (C=O) groups excluding carboxylic acids is 1. The molecule has 14 heteroatoms. The molecule has 1 fully saturated rings. The minimum atomic E-state index is -4.73. The summed E-state index contributed by atoms with van der Waals surface area (Å²) in [6.07, 6.45) is 4.41. The zero-order valence-corrected chi connectivity index (χ0v) is 25.0. The van der Waals surface area contributed by atoms with Crippen LogP contribution in [0.4, 0.5) is 30.4 Å². The molecule has 0 aliphatic carbocycles. The molecule has 1 N–H and O–H groups in total. The van der Waals surface area contributed by atoms with Gasteiger partial charge in [0.2, 0.25) is 0 Å². The van der Waals surface area contributed by atoms with Crippen molar-refractivity contribution in [2.45, 2.75) is 24.2 Å². The molecule has 5 rings (SSSR count). The fraction of sp³-hybridized carbons (Fsp3) is 0.258. The number of sulfonamides is 1. The Labute approximate surface area is 258 Å². The molecule has 1 aliphatic rings. The number of ether oxygens (including phenoxy) is 1. The second kappa shape index (κ2) is 13.9. The topological polar surface area (TPSA) is 114 Å². The highest BCUT2D eigenvalue weighted by Crippen LogP contribution is 2.30. The first-order chi connectivity index (χ1) is 21.6. The summed E-state index contributed by atoms with van der Waals surface area (Å²) in [5.41, 5.74) is 1.28. The van der Waals surface area contributed by atoms with E-state index in [4.69, 9.17) is 4.74 Å². The summed E-state index contributed by atoms with van der Waals surface area (Å²) in [5.74, 6) is -1.71. The molecule has 3 aromatic carbocycles. The number of anilines is 3. The number of nitrogens with zero attached hydrogens (tertiary/aromatic N) is 4. The van der Waals surface area contributed by atoms with Crippen LogP contribution in [0.25, 0.3) is 11.3 Å². The van der Waals surface area contributed by atoms with E-state index >= 15 is 0 Å². The predicted molar refractivity (Wildman–Crippen MR) is 161 cm³/mol. The third kappa shape index (κ3) is 7.70. The molecule has 0 spiro atoms. The van der Waals surface area contributed by atoms with Gasteiger partial charge < -0.3 is 19.8 Å². The van der Waals surface area contributed by atoms with Crippen LogP contribution < -0.4 is 14.5 Å². The lowest BCUT2D eigenvalue weighted by Gasteiger charge is -2.28. The summed E-state index contributed by atoms with van der Waals surface area (Å²) in [6.45, 7) is 2.44. The summed E-state index contributed by atoms with van der Waals surface area (Å²) in [4.78, 5) is 25.6. The molecule has 1 aromatic heterocycles. The van der Waals surface area contributed by atoms with Gasteiger partial charge in [-0.1, -0.05) is 4.47 Å². The lowest BCUT2D eigenvalue weighted by molar-refractivity contribution is -0.128. The number of hydrogen-bond donors (Lipinski definition) is 1. The van der Waals surface area contributed by atoms with Gasteiger partial charge in [-0.25, -0.2) is 23.1 Å². The van der Waals surface area contributed by atoms with Crippen molar-refractivity contribution in [1.82, 2.24) is 14.9 Å². The van der Waals surface area contributed by atoms with E-state index in [9.17, 15) is 26.4 Å². The maximum absolute atomic E-state index is 14.9. The fourth-order valence-corrected chi connectivity index (χ4v) is 6.20. The molecule has 0 radical (unpaired) electrons. The van der Waals surface area contributed by atoms with E-state index in [2.05, 4.69) is 32.1 Å². The van der Waals surface area contributed by atoms with E-state index in [1.54, 1.807) is 18.2 Å². The van der Waals surface area contributed by atoms with Crippen LogP contribution in [-0.2, 0) is 19.7 Å². The number of rotatable bonds is 12. The van der Waals surface area contributed by atoms with Crippen molar-refractivity contribution < 1.29 is 36.0 Å². The Bertz CT molecular complexity index is 1750. The number of halogens is 3. The number of piperidine rings is 1. The highest BCUT2D eigenvalue weighted by Gasteiger charge is 2.30. The minimum Gasteiger partial charge on any atom is -0.491 e. The molecule has 45 heavy (non-hydrogen) atoms. The van der Waals surface area contributed by atoms with E-state index in [1.165, 1.54) is 36.7 Å². The molecule has 1 saturated heterocycles. The number of likely N-dealkylation sites (tertiary alicyclic amines) is 1. The van der Waals surface area contributed by atoms with Gasteiger partial charge in [-0.15, -0.1) is 0 Å². The summed E-state index contributed by atoms with van der Waals surface area (Å²) in [5, 5.41) is 3.03. The van der Waals surface area contributed by atoms with Crippen LogP contribution in [0.3, 0.4) is 0 Å². The second-order valence-electron chi connectivity index (χ2n) is 10.5. The number of aromatic nitrogens is 2. The zero-order chi connectivity index (χ0) is 32.0. The normalized spacial score (nSPS) is 14.1. The Morgan fingerprint density at radius 1 is 0.978 bits per heavy atom. The van der Waals surface area contributed by atoms with Crippen molar-refractivity contribution >= 4 is 33.7 Å². The van der Waals surface area contributed by atoms with Crippen molar-refractivity contribution in [3.8, 4) is 17.0 Å². The van der Waals surface area contributed by atoms with Crippen molar-refractivity contribution in [2.75, 3.05) is 36.5 Å². The second-order valence-corrected chi connectivity index (χ2v) is 12.2. The molecular formula is C31H30F3N5O5S. The maximum atomic E-state index is 14.9. The van der Waals surface area contributed by atoms with Gasteiger partial charge in [0.25, 0.3) is 10.0 Å². The first kappa shape index (κ1) is 31.7. The lowest BCUT2D eigenvalue weighted by Crippen LogP contribution is -2.31. The van der Waals surface area contributed by atoms with Gasteiger partial charge in [0.05, 0.1) is 18.0 Å². The largest absolute Gasteiger partial charge is 0.491 e. The highest BCUT2D eigenvalue weighted by atomic mass is 32.2. The molecule has 0 atom stereocenters. The molecule has 2 heterocycles. The van der Waals surface area contributed by atoms with Crippen LogP contribution in [0.1, 0.15) is 19.3 Å². The number of benzene rings is 3. The molecule has 0 unspecified atom stereocenters. The Kier molecular flexibility index (Phi) is 9.83. The van der Waals surface area contributed by atoms with Crippen LogP contribution >= 0.6 is 0 Å². The summed E-state index contributed by atoms with van der Waals surface area (Å²) in [6, 6.07) is 13.7. The van der Waals surface area contributed by atoms with Gasteiger partial charge in [-0.05, 0) is 99.9 Å². The quantitative estimate of drug-likeness (QED) is 0.154. The molecule has 0 amide bonds. The van der Waals surface area contributed by atoms with E-state index < -0.39 is 32.4 Å². The van der Waals surface area contributed by atoms with E-state index in [1.807, 2.05) is 0 Å². The highest BCUT2D eigenvalue weighted by molar-refractivity contribution is 7.92. The van der Waals surface area contributed by atoms with Gasteiger partial charge >= 0.3 is 6.47 Å². The Morgan fingerprint density at radius 2 is 1.73 bits per heavy atom. The number of carbonyl (C=O) groups is 1. The SMILES string of the molecule is CN1CCC(CCOc2ccc(-c3cc(Nc4ccc(N(OC=O)S(=O)(=O)c5ccc(F)cc5F)cc4)ncn3)cc2F)CC1. The van der Waals surface area contributed by atoms with Crippen molar-refractivity contribution in [3.05, 3.63) is 90.5 Å². The Balaban J connectivity index is 1.25. The van der Waals surface area contributed by atoms with Crippen LogP contribution in [0.15, 0.2) is 78.0 Å². The molecule has 0 bridgehead atoms. The van der Waals surface area contributed by atoms with Crippen LogP contribution in [-0.4, -0.2) is 56.5 Å². The van der Waals surface area contributed by atoms with Crippen LogP contribution in [0, 0.1) is 23.4 Å². The summed E-state index contributed by atoms with van der Waals surface area (Å²) in [7, 11) is -2.62. The van der Waals surface area contributed by atoms with E-state index in [0.717, 1.165) is 44.5 Å². The van der Waals surface area contributed by atoms with Crippen molar-refractivity contribution in [3.63, 3.8) is 0 Å². The molecule has 1 aliphatic heterocycles. The summed E-state index contributed by atoms with van der Waals surface area (Å²) < 4.78 is 74.4. The van der Waals surface area contributed by atoms with Gasteiger partial charge in [-0.2, -0.15) is 8.42 Å². The average molecular weight is 642 g/mol. The molecule has 10 nitrogen and oxygen atoms in total. The van der Waals surface area contributed by atoms with E-state index in [-0.39, 0.29) is 22.4 Å². The summed E-state index contributed by atoms with van der Waals surface area (Å²) >= 11 is 0. The first-order valence-corrected chi connectivity index (χ1v) is 15.5. The lowest BCUT2D eigenvalue weighted by atomic mass is 9.94. The van der Waals surface area contributed by atoms with E-state index in [0.29, 0.717) is 41.4 Å². The van der Waals surface area contributed by atoms with Gasteiger partial charge in [0, 0.05) is 23.4 Å². The van der Waals surface area contributed by atoms with Crippen LogP contribution in [0.2, 0.25) is 0 Å². The molecular weight excluding hydrogens is 611 g/mol. The van der Waals surface area contributed by atoms with Gasteiger partial charge in [0.15, 0.2) is 11.6 Å². The maximum Gasteiger partial charge on any atom is 0.322 e. The predicted octanol–water partition coefficient (Wildman–Crippen LogP) is 5.70. The minimum absolute atomic E-state index is 0.133. The Morgan fingerprint density at radius 3 is 2.42 bits per heavy atom. The standard InChI is InChI=1S/C31H30F3N5O5S/c1-38-13-10-21(11-14-38)12-15-43-29-8-2-22(16-26(29)33)28-18-31(36-19-35-28)37-24-4-6-25(7-5-24)39(44-20-40)45(41,42)30-9-3-23(32)17-27(30)34/h2-9,16-21H,10-15H2,1H3,(H,35,36,37). The fourth-order valence-electron chi connectivity index (χ4n) is 4.93. The van der Waals surface area contributed by atoms with Crippen LogP contribution in [0.5, 0.6) is 5.75 Å². The average Bonchev–Trinajstić information content (AvgIpc) is 3.02. The third-order valence-corrected chi connectivity index (χ3v) is 9.02. The monoisotopic (exact) mass is 641 g/mol. The third-order valence-electron chi connectivity index (χ3n) is 7.40. The van der Waals surface area contributed by atoms with Gasteiger partial charge in [0.1, 0.15) is 28.7 Å². The number of nitrogens with one attached hydrogen (secondary N) is 1.